The zero-order valence-corrected chi connectivity index (χ0v) is 15.4. The molecule has 0 aliphatic heterocycles. The lowest BCUT2D eigenvalue weighted by Crippen LogP contribution is -2.46. The minimum Gasteiger partial charge on any atom is -0.501 e. The fourth-order valence-corrected chi connectivity index (χ4v) is 5.79. The predicted molar refractivity (Wildman–Crippen MR) is 98.3 cm³/mol. The van der Waals surface area contributed by atoms with Gasteiger partial charge in [0.05, 0.1) is 19.0 Å². The van der Waals surface area contributed by atoms with Crippen LogP contribution in [0.5, 0.6) is 0 Å². The second-order valence-electron chi connectivity index (χ2n) is 8.16. The van der Waals surface area contributed by atoms with Crippen LogP contribution in [0.1, 0.15) is 52.4 Å². The Kier molecular flexibility index (Phi) is 4.94. The summed E-state index contributed by atoms with van der Waals surface area (Å²) in [5, 5.41) is 10.6. The number of aliphatic hydroxyl groups is 1. The van der Waals surface area contributed by atoms with E-state index in [4.69, 9.17) is 10.5 Å². The highest BCUT2D eigenvalue weighted by Gasteiger charge is 2.57. The van der Waals surface area contributed by atoms with Crippen molar-refractivity contribution in [3.05, 3.63) is 35.6 Å². The average Bonchev–Trinajstić information content (AvgIpc) is 2.83. The van der Waals surface area contributed by atoms with E-state index in [-0.39, 0.29) is 17.6 Å². The summed E-state index contributed by atoms with van der Waals surface area (Å²) in [6.45, 7) is 8.50. The van der Waals surface area contributed by atoms with Crippen molar-refractivity contribution in [2.24, 2.45) is 28.9 Å². The monoisotopic (exact) mass is 331 g/mol. The normalized spacial score (nSPS) is 42.5. The van der Waals surface area contributed by atoms with Gasteiger partial charge in [-0.15, -0.1) is 0 Å². The smallest absolute Gasteiger partial charge is 0.0955 e. The fraction of sp³-hybridized carbons (Fsp3) is 0.714. The maximum Gasteiger partial charge on any atom is 0.0955 e. The summed E-state index contributed by atoms with van der Waals surface area (Å²) in [6, 6.07) is -0.0589. The summed E-state index contributed by atoms with van der Waals surface area (Å²) in [6.07, 6.45) is 10.3. The lowest BCUT2D eigenvalue weighted by molar-refractivity contribution is -0.0323. The molecule has 3 aliphatic rings. The number of hydrogen-bond donors (Lipinski definition) is 2. The molecule has 3 heteroatoms. The number of rotatable bonds is 4. The van der Waals surface area contributed by atoms with Crippen molar-refractivity contribution in [2.75, 3.05) is 7.11 Å². The van der Waals surface area contributed by atoms with Crippen molar-refractivity contribution in [3.63, 3.8) is 0 Å². The molecule has 0 amide bonds. The molecule has 0 aromatic carbocycles. The molecule has 0 radical (unpaired) electrons. The van der Waals surface area contributed by atoms with Gasteiger partial charge in [-0.05, 0) is 72.5 Å². The van der Waals surface area contributed by atoms with E-state index < -0.39 is 0 Å². The van der Waals surface area contributed by atoms with Gasteiger partial charge in [-0.2, -0.15) is 0 Å². The Balaban J connectivity index is 1.93. The van der Waals surface area contributed by atoms with Gasteiger partial charge in [0.15, 0.2) is 0 Å². The number of hydrogen-bond acceptors (Lipinski definition) is 3. The Labute approximate surface area is 146 Å². The summed E-state index contributed by atoms with van der Waals surface area (Å²) in [5.74, 6) is 2.77. The number of allylic oxidation sites excluding steroid dienone is 5. The molecule has 3 aliphatic carbocycles. The lowest BCUT2D eigenvalue weighted by atomic mass is 9.55. The van der Waals surface area contributed by atoms with Gasteiger partial charge in [-0.1, -0.05) is 26.5 Å². The van der Waals surface area contributed by atoms with Crippen LogP contribution in [-0.2, 0) is 4.74 Å². The van der Waals surface area contributed by atoms with Crippen molar-refractivity contribution in [1.29, 1.82) is 0 Å². The van der Waals surface area contributed by atoms with E-state index in [1.54, 1.807) is 7.11 Å². The van der Waals surface area contributed by atoms with Crippen molar-refractivity contribution < 1.29 is 9.84 Å². The van der Waals surface area contributed by atoms with Gasteiger partial charge in [0.2, 0.25) is 0 Å². The first-order valence-corrected chi connectivity index (χ1v) is 9.49. The van der Waals surface area contributed by atoms with E-state index in [0.29, 0.717) is 17.8 Å². The van der Waals surface area contributed by atoms with Crippen molar-refractivity contribution in [2.45, 2.75) is 64.5 Å². The Morgan fingerprint density at radius 1 is 1.46 bits per heavy atom. The minimum absolute atomic E-state index is 0.00130. The van der Waals surface area contributed by atoms with Crippen LogP contribution >= 0.6 is 0 Å². The summed E-state index contributed by atoms with van der Waals surface area (Å²) >= 11 is 0. The van der Waals surface area contributed by atoms with Crippen molar-refractivity contribution in [3.8, 4) is 0 Å². The largest absolute Gasteiger partial charge is 0.501 e. The highest BCUT2D eigenvalue weighted by Crippen LogP contribution is 2.59. The van der Waals surface area contributed by atoms with Gasteiger partial charge in [0, 0.05) is 12.5 Å². The van der Waals surface area contributed by atoms with E-state index in [9.17, 15) is 5.11 Å². The van der Waals surface area contributed by atoms with E-state index >= 15 is 0 Å². The number of nitrogens with two attached hydrogens (primary N) is 1. The number of methoxy groups -OCH3 is 1. The SMILES string of the molecule is C=CC1=C(/C=C(\CC)OC)CCC2C1CC[C@@]1(C)C2C[C@@H](N)[C@@H]1O. The van der Waals surface area contributed by atoms with Crippen LogP contribution in [0.25, 0.3) is 0 Å². The predicted octanol–water partition coefficient (Wildman–Crippen LogP) is 3.94. The molecule has 0 aromatic rings. The summed E-state index contributed by atoms with van der Waals surface area (Å²) in [4.78, 5) is 0. The summed E-state index contributed by atoms with van der Waals surface area (Å²) < 4.78 is 5.49. The Morgan fingerprint density at radius 2 is 2.21 bits per heavy atom. The van der Waals surface area contributed by atoms with Crippen LogP contribution in [0.2, 0.25) is 0 Å². The second kappa shape index (κ2) is 6.68. The third-order valence-electron chi connectivity index (χ3n) is 7.17. The molecule has 2 fully saturated rings. The van der Waals surface area contributed by atoms with E-state index in [1.165, 1.54) is 17.6 Å². The molecule has 2 saturated carbocycles. The third kappa shape index (κ3) is 2.66. The van der Waals surface area contributed by atoms with Gasteiger partial charge < -0.3 is 15.6 Å². The van der Waals surface area contributed by atoms with Gasteiger partial charge in [-0.25, -0.2) is 0 Å². The van der Waals surface area contributed by atoms with E-state index in [2.05, 4.69) is 32.6 Å². The summed E-state index contributed by atoms with van der Waals surface area (Å²) in [5.41, 5.74) is 9.04. The zero-order chi connectivity index (χ0) is 17.5. The lowest BCUT2D eigenvalue weighted by Gasteiger charge is -2.50. The molecule has 6 atom stereocenters. The molecule has 0 aromatic heterocycles. The van der Waals surface area contributed by atoms with E-state index in [0.717, 1.165) is 37.9 Å². The van der Waals surface area contributed by atoms with Crippen LogP contribution in [0, 0.1) is 23.2 Å². The van der Waals surface area contributed by atoms with Gasteiger partial charge in [0.1, 0.15) is 0 Å². The van der Waals surface area contributed by atoms with Gasteiger partial charge >= 0.3 is 0 Å². The van der Waals surface area contributed by atoms with Gasteiger partial charge in [0.25, 0.3) is 0 Å². The van der Waals surface area contributed by atoms with Crippen molar-refractivity contribution in [1.82, 2.24) is 0 Å². The van der Waals surface area contributed by atoms with Crippen molar-refractivity contribution >= 4 is 0 Å². The quantitative estimate of drug-likeness (QED) is 0.767. The summed E-state index contributed by atoms with van der Waals surface area (Å²) in [7, 11) is 1.75. The molecule has 0 spiro atoms. The molecule has 24 heavy (non-hydrogen) atoms. The second-order valence-corrected chi connectivity index (χ2v) is 8.16. The Morgan fingerprint density at radius 3 is 2.83 bits per heavy atom. The highest BCUT2D eigenvalue weighted by atomic mass is 16.5. The number of fused-ring (bicyclic) bond motifs is 3. The molecule has 0 bridgehead atoms. The standard InChI is InChI=1S/C21H33NO2/c1-5-14(24-4)11-13-7-8-17-16(15(13)6-2)9-10-21(3)18(17)12-19(22)20(21)23/h6,11,16-20,23H,2,5,7-10,12,22H2,1,3-4H3/b14-11+/t16?,17?,18?,19-,20+,21+/m1/s1. The van der Waals surface area contributed by atoms with Crippen LogP contribution in [-0.4, -0.2) is 24.4 Å². The molecule has 3 unspecified atom stereocenters. The van der Waals surface area contributed by atoms with Gasteiger partial charge in [-0.3, -0.25) is 0 Å². The molecule has 134 valence electrons. The highest BCUT2D eigenvalue weighted by molar-refractivity contribution is 5.38. The Bertz CT molecular complexity index is 558. The zero-order valence-electron chi connectivity index (χ0n) is 15.4. The van der Waals surface area contributed by atoms with Crippen LogP contribution in [0.4, 0.5) is 0 Å². The first kappa shape index (κ1) is 17.8. The molecule has 0 heterocycles. The van der Waals surface area contributed by atoms with Crippen LogP contribution in [0.3, 0.4) is 0 Å². The average molecular weight is 332 g/mol. The fourth-order valence-electron chi connectivity index (χ4n) is 5.79. The van der Waals surface area contributed by atoms with Crippen LogP contribution < -0.4 is 5.73 Å². The molecule has 3 rings (SSSR count). The minimum atomic E-state index is -0.346. The van der Waals surface area contributed by atoms with E-state index in [1.807, 2.05) is 0 Å². The first-order chi connectivity index (χ1) is 11.5. The Hall–Kier alpha value is -1.06. The third-order valence-corrected chi connectivity index (χ3v) is 7.17. The molecule has 0 saturated heterocycles. The first-order valence-electron chi connectivity index (χ1n) is 9.49. The maximum atomic E-state index is 10.6. The number of aliphatic hydroxyl groups excluding tert-OH is 1. The van der Waals surface area contributed by atoms with Crippen LogP contribution in [0.15, 0.2) is 35.6 Å². The molecular formula is C21H33NO2. The topological polar surface area (TPSA) is 55.5 Å². The number of ether oxygens (including phenoxy) is 1. The molecular weight excluding hydrogens is 298 g/mol. The molecule has 3 N–H and O–H groups in total. The maximum absolute atomic E-state index is 10.6. The molecule has 3 nitrogen and oxygen atoms in total.